The summed E-state index contributed by atoms with van der Waals surface area (Å²) >= 11 is 1.68. The number of anilines is 2. The number of rotatable bonds is 4. The van der Waals surface area contributed by atoms with Gasteiger partial charge in [-0.3, -0.25) is 4.79 Å². The Morgan fingerprint density at radius 3 is 2.88 bits per heavy atom. The lowest BCUT2D eigenvalue weighted by Crippen LogP contribution is -2.30. The van der Waals surface area contributed by atoms with Gasteiger partial charge in [0.2, 0.25) is 5.95 Å². The maximum Gasteiger partial charge on any atom is 0.254 e. The van der Waals surface area contributed by atoms with Crippen LogP contribution in [-0.2, 0) is 0 Å². The Balaban J connectivity index is 1.55. The van der Waals surface area contributed by atoms with Gasteiger partial charge in [-0.05, 0) is 59.5 Å². The van der Waals surface area contributed by atoms with Gasteiger partial charge in [-0.1, -0.05) is 6.07 Å². The summed E-state index contributed by atoms with van der Waals surface area (Å²) in [7, 11) is 0. The average molecular weight is 350 g/mol. The van der Waals surface area contributed by atoms with Crippen LogP contribution in [0.3, 0.4) is 0 Å². The summed E-state index contributed by atoms with van der Waals surface area (Å²) in [6.07, 6.45) is 5.43. The molecule has 4 rings (SSSR count). The van der Waals surface area contributed by atoms with Crippen LogP contribution in [-0.4, -0.2) is 27.3 Å². The quantitative estimate of drug-likeness (QED) is 0.764. The molecule has 0 radical (unpaired) electrons. The van der Waals surface area contributed by atoms with E-state index in [1.165, 1.54) is 5.56 Å². The normalized spacial score (nSPS) is 16.8. The van der Waals surface area contributed by atoms with E-state index in [9.17, 15) is 4.79 Å². The molecule has 3 heterocycles. The van der Waals surface area contributed by atoms with Crippen molar-refractivity contribution in [1.29, 1.82) is 0 Å². The van der Waals surface area contributed by atoms with Crippen molar-refractivity contribution in [2.45, 2.75) is 18.9 Å². The SMILES string of the molecule is O=C(c1cccc(Nc2ncccn2)c1)N1CCCC1c1ccsc1. The molecule has 0 saturated carbocycles. The van der Waals surface area contributed by atoms with E-state index in [0.717, 1.165) is 25.1 Å². The number of hydrogen-bond donors (Lipinski definition) is 1. The number of nitrogens with zero attached hydrogens (tertiary/aromatic N) is 3. The van der Waals surface area contributed by atoms with Gasteiger partial charge in [0.05, 0.1) is 6.04 Å². The van der Waals surface area contributed by atoms with E-state index >= 15 is 0 Å². The molecular weight excluding hydrogens is 332 g/mol. The summed E-state index contributed by atoms with van der Waals surface area (Å²) in [5.41, 5.74) is 2.73. The molecule has 3 aromatic rings. The van der Waals surface area contributed by atoms with Gasteiger partial charge in [0.15, 0.2) is 0 Å². The molecule has 1 fully saturated rings. The van der Waals surface area contributed by atoms with Gasteiger partial charge in [0.1, 0.15) is 0 Å². The lowest BCUT2D eigenvalue weighted by atomic mass is 10.1. The Labute approximate surface area is 150 Å². The fourth-order valence-corrected chi connectivity index (χ4v) is 3.92. The summed E-state index contributed by atoms with van der Waals surface area (Å²) < 4.78 is 0. The second kappa shape index (κ2) is 7.03. The smallest absolute Gasteiger partial charge is 0.254 e. The maximum atomic E-state index is 13.0. The number of benzene rings is 1. The molecule has 1 aliphatic rings. The number of likely N-dealkylation sites (tertiary alicyclic amines) is 1. The van der Waals surface area contributed by atoms with Crippen molar-refractivity contribution < 1.29 is 4.79 Å². The summed E-state index contributed by atoms with van der Waals surface area (Å²) in [5.74, 6) is 0.593. The molecule has 1 saturated heterocycles. The zero-order valence-corrected chi connectivity index (χ0v) is 14.4. The number of hydrogen-bond acceptors (Lipinski definition) is 5. The zero-order valence-electron chi connectivity index (χ0n) is 13.6. The molecule has 0 bridgehead atoms. The van der Waals surface area contributed by atoms with E-state index in [1.807, 2.05) is 29.2 Å². The molecule has 0 aliphatic carbocycles. The minimum absolute atomic E-state index is 0.0753. The lowest BCUT2D eigenvalue weighted by molar-refractivity contribution is 0.0736. The van der Waals surface area contributed by atoms with Crippen LogP contribution in [0.15, 0.2) is 59.6 Å². The average Bonchev–Trinajstić information content (AvgIpc) is 3.33. The second-order valence-electron chi connectivity index (χ2n) is 5.99. The van der Waals surface area contributed by atoms with Gasteiger partial charge in [-0.2, -0.15) is 11.3 Å². The van der Waals surface area contributed by atoms with Gasteiger partial charge in [0.25, 0.3) is 5.91 Å². The predicted molar refractivity (Wildman–Crippen MR) is 99.1 cm³/mol. The molecule has 5 nitrogen and oxygen atoms in total. The van der Waals surface area contributed by atoms with Crippen LogP contribution in [0.2, 0.25) is 0 Å². The number of aromatic nitrogens is 2. The number of carbonyl (C=O) groups is 1. The van der Waals surface area contributed by atoms with Crippen molar-refractivity contribution in [2.75, 3.05) is 11.9 Å². The first-order chi connectivity index (χ1) is 12.3. The van der Waals surface area contributed by atoms with Crippen LogP contribution >= 0.6 is 11.3 Å². The number of nitrogens with one attached hydrogen (secondary N) is 1. The summed E-state index contributed by atoms with van der Waals surface area (Å²) in [4.78, 5) is 23.3. The Morgan fingerprint density at radius 2 is 2.08 bits per heavy atom. The third kappa shape index (κ3) is 3.39. The molecule has 126 valence electrons. The van der Waals surface area contributed by atoms with Gasteiger partial charge >= 0.3 is 0 Å². The Kier molecular flexibility index (Phi) is 4.43. The van der Waals surface area contributed by atoms with Crippen molar-refractivity contribution in [2.24, 2.45) is 0 Å². The van der Waals surface area contributed by atoms with Crippen LogP contribution in [0, 0.1) is 0 Å². The molecule has 6 heteroatoms. The molecule has 2 aromatic heterocycles. The van der Waals surface area contributed by atoms with Crippen LogP contribution in [0.25, 0.3) is 0 Å². The van der Waals surface area contributed by atoms with Crippen molar-refractivity contribution in [3.05, 3.63) is 70.7 Å². The fourth-order valence-electron chi connectivity index (χ4n) is 3.21. The lowest BCUT2D eigenvalue weighted by Gasteiger charge is -2.24. The zero-order chi connectivity index (χ0) is 17.1. The van der Waals surface area contributed by atoms with E-state index in [2.05, 4.69) is 32.1 Å². The molecule has 0 spiro atoms. The molecular formula is C19H18N4OS. The van der Waals surface area contributed by atoms with Crippen LogP contribution < -0.4 is 5.32 Å². The largest absolute Gasteiger partial charge is 0.332 e. The highest BCUT2D eigenvalue weighted by atomic mass is 32.1. The highest BCUT2D eigenvalue weighted by molar-refractivity contribution is 7.08. The predicted octanol–water partition coefficient (Wildman–Crippen LogP) is 4.26. The van der Waals surface area contributed by atoms with Crippen LogP contribution in [0.5, 0.6) is 0 Å². The standard InChI is InChI=1S/C19H18N4OS/c24-18(23-10-2-6-17(23)15-7-11-25-13-15)14-4-1-5-16(12-14)22-19-20-8-3-9-21-19/h1,3-5,7-9,11-13,17H,2,6,10H2,(H,20,21,22). The third-order valence-corrected chi connectivity index (χ3v) is 5.07. The monoisotopic (exact) mass is 350 g/mol. The minimum Gasteiger partial charge on any atom is -0.332 e. The van der Waals surface area contributed by atoms with E-state index in [-0.39, 0.29) is 11.9 Å². The van der Waals surface area contributed by atoms with Crippen LogP contribution in [0.4, 0.5) is 11.6 Å². The van der Waals surface area contributed by atoms with E-state index in [0.29, 0.717) is 11.5 Å². The van der Waals surface area contributed by atoms with Gasteiger partial charge in [0, 0.05) is 30.2 Å². The van der Waals surface area contributed by atoms with Gasteiger partial charge in [-0.25, -0.2) is 9.97 Å². The summed E-state index contributed by atoms with van der Waals surface area (Å²) in [5, 5.41) is 7.35. The highest BCUT2D eigenvalue weighted by Gasteiger charge is 2.30. The number of carbonyl (C=O) groups excluding carboxylic acids is 1. The summed E-state index contributed by atoms with van der Waals surface area (Å²) in [6, 6.07) is 11.6. The number of amides is 1. The fraction of sp³-hybridized carbons (Fsp3) is 0.211. The van der Waals surface area contributed by atoms with Gasteiger partial charge in [-0.15, -0.1) is 0 Å². The van der Waals surface area contributed by atoms with Crippen molar-refractivity contribution in [3.63, 3.8) is 0 Å². The maximum absolute atomic E-state index is 13.0. The molecule has 1 aromatic carbocycles. The Hall–Kier alpha value is -2.73. The number of thiophene rings is 1. The first kappa shape index (κ1) is 15.8. The minimum atomic E-state index is 0.0753. The van der Waals surface area contributed by atoms with E-state index in [4.69, 9.17) is 0 Å². The first-order valence-electron chi connectivity index (χ1n) is 8.28. The molecule has 1 N–H and O–H groups in total. The molecule has 25 heavy (non-hydrogen) atoms. The second-order valence-corrected chi connectivity index (χ2v) is 6.77. The highest BCUT2D eigenvalue weighted by Crippen LogP contribution is 2.34. The van der Waals surface area contributed by atoms with Crippen molar-refractivity contribution in [3.8, 4) is 0 Å². The van der Waals surface area contributed by atoms with Crippen LogP contribution in [0.1, 0.15) is 34.8 Å². The Bertz CT molecular complexity index is 851. The summed E-state index contributed by atoms with van der Waals surface area (Å²) in [6.45, 7) is 0.804. The molecule has 1 unspecified atom stereocenters. The molecule has 1 amide bonds. The van der Waals surface area contributed by atoms with E-state index < -0.39 is 0 Å². The van der Waals surface area contributed by atoms with Crippen molar-refractivity contribution in [1.82, 2.24) is 14.9 Å². The van der Waals surface area contributed by atoms with Gasteiger partial charge < -0.3 is 10.2 Å². The Morgan fingerprint density at radius 1 is 1.20 bits per heavy atom. The first-order valence-corrected chi connectivity index (χ1v) is 9.23. The molecule has 1 aliphatic heterocycles. The topological polar surface area (TPSA) is 58.1 Å². The molecule has 1 atom stereocenters. The third-order valence-electron chi connectivity index (χ3n) is 4.37. The van der Waals surface area contributed by atoms with Crippen molar-refractivity contribution >= 4 is 28.9 Å². The van der Waals surface area contributed by atoms with E-state index in [1.54, 1.807) is 29.8 Å².